The molecular weight excluding hydrogens is 200 g/mol. The maximum absolute atomic E-state index is 11.2. The van der Waals surface area contributed by atoms with Crippen molar-refractivity contribution in [1.29, 1.82) is 0 Å². The third kappa shape index (κ3) is 3.40. The predicted molar refractivity (Wildman–Crippen MR) is 55.8 cm³/mol. The quantitative estimate of drug-likeness (QED) is 0.717. The molecule has 1 aliphatic carbocycles. The highest BCUT2D eigenvalue weighted by atomic mass is 32.2. The number of hydrogen-bond acceptors (Lipinski definition) is 3. The molecule has 0 N–H and O–H groups in total. The van der Waals surface area contributed by atoms with Crippen molar-refractivity contribution >= 4 is 15.6 Å². The zero-order valence-electron chi connectivity index (χ0n) is 8.82. The van der Waals surface area contributed by atoms with Gasteiger partial charge < -0.3 is 0 Å². The van der Waals surface area contributed by atoms with Crippen molar-refractivity contribution < 1.29 is 13.2 Å². The second kappa shape index (κ2) is 4.43. The molecule has 14 heavy (non-hydrogen) atoms. The van der Waals surface area contributed by atoms with Gasteiger partial charge in [0.2, 0.25) is 0 Å². The number of rotatable bonds is 4. The van der Waals surface area contributed by atoms with Gasteiger partial charge in [0.1, 0.15) is 15.6 Å². The zero-order chi connectivity index (χ0) is 10.8. The number of sulfone groups is 1. The molecule has 4 heteroatoms. The van der Waals surface area contributed by atoms with Crippen LogP contribution in [0.15, 0.2) is 0 Å². The van der Waals surface area contributed by atoms with Gasteiger partial charge in [-0.15, -0.1) is 0 Å². The van der Waals surface area contributed by atoms with Gasteiger partial charge in [0.15, 0.2) is 0 Å². The van der Waals surface area contributed by atoms with Gasteiger partial charge >= 0.3 is 0 Å². The zero-order valence-corrected chi connectivity index (χ0v) is 9.64. The molecule has 1 aliphatic rings. The lowest BCUT2D eigenvalue weighted by Gasteiger charge is -2.12. The summed E-state index contributed by atoms with van der Waals surface area (Å²) in [7, 11) is -2.83. The first-order valence-electron chi connectivity index (χ1n) is 5.10. The van der Waals surface area contributed by atoms with Crippen LogP contribution in [0.1, 0.15) is 32.6 Å². The Bertz CT molecular complexity index is 305. The molecule has 1 rings (SSSR count). The van der Waals surface area contributed by atoms with Gasteiger partial charge in [-0.1, -0.05) is 6.92 Å². The van der Waals surface area contributed by atoms with Crippen molar-refractivity contribution in [2.45, 2.75) is 32.6 Å². The van der Waals surface area contributed by atoms with E-state index >= 15 is 0 Å². The molecule has 0 radical (unpaired) electrons. The minimum absolute atomic E-state index is 0.148. The van der Waals surface area contributed by atoms with Crippen molar-refractivity contribution in [2.75, 3.05) is 12.0 Å². The molecule has 2 unspecified atom stereocenters. The van der Waals surface area contributed by atoms with Crippen LogP contribution in [0.25, 0.3) is 0 Å². The molecule has 0 amide bonds. The average Bonchev–Trinajstić information content (AvgIpc) is 2.33. The molecule has 3 nitrogen and oxygen atoms in total. The highest BCUT2D eigenvalue weighted by molar-refractivity contribution is 7.90. The largest absolute Gasteiger partial charge is 0.299 e. The number of carbonyl (C=O) groups is 1. The lowest BCUT2D eigenvalue weighted by Crippen LogP contribution is -2.12. The summed E-state index contributed by atoms with van der Waals surface area (Å²) in [5.74, 6) is 1.16. The highest BCUT2D eigenvalue weighted by Gasteiger charge is 2.30. The fourth-order valence-electron chi connectivity index (χ4n) is 2.07. The molecule has 0 heterocycles. The third-order valence-electron chi connectivity index (χ3n) is 3.07. The summed E-state index contributed by atoms with van der Waals surface area (Å²) in [6.45, 7) is 1.96. The second-order valence-electron chi connectivity index (χ2n) is 4.33. The summed E-state index contributed by atoms with van der Waals surface area (Å²) in [6.07, 6.45) is 4.46. The fourth-order valence-corrected chi connectivity index (χ4v) is 2.76. The molecule has 0 saturated heterocycles. The van der Waals surface area contributed by atoms with E-state index in [-0.39, 0.29) is 11.7 Å². The lowest BCUT2D eigenvalue weighted by atomic mass is 9.93. The maximum Gasteiger partial charge on any atom is 0.147 e. The van der Waals surface area contributed by atoms with Gasteiger partial charge in [0, 0.05) is 24.3 Å². The first-order chi connectivity index (χ1) is 6.40. The van der Waals surface area contributed by atoms with E-state index in [4.69, 9.17) is 0 Å². The standard InChI is InChI=1S/C10H18O3S/c1-8-9(5-6-10(8)11)4-3-7-14(2,12)13/h8-9H,3-7H2,1-2H3. The summed E-state index contributed by atoms with van der Waals surface area (Å²) < 4.78 is 21.8. The van der Waals surface area contributed by atoms with Crippen LogP contribution in [0.3, 0.4) is 0 Å². The minimum atomic E-state index is -2.83. The van der Waals surface area contributed by atoms with Gasteiger partial charge in [0.05, 0.1) is 0 Å². The van der Waals surface area contributed by atoms with Crippen LogP contribution in [-0.2, 0) is 14.6 Å². The van der Waals surface area contributed by atoms with Crippen molar-refractivity contribution in [3.63, 3.8) is 0 Å². The lowest BCUT2D eigenvalue weighted by molar-refractivity contribution is -0.120. The maximum atomic E-state index is 11.2. The Morgan fingerprint density at radius 3 is 2.50 bits per heavy atom. The first kappa shape index (κ1) is 11.7. The highest BCUT2D eigenvalue weighted by Crippen LogP contribution is 2.31. The third-order valence-corrected chi connectivity index (χ3v) is 4.10. The van der Waals surface area contributed by atoms with Crippen LogP contribution in [0, 0.1) is 11.8 Å². The van der Waals surface area contributed by atoms with Crippen LogP contribution in [0.5, 0.6) is 0 Å². The molecular formula is C10H18O3S. The van der Waals surface area contributed by atoms with Crippen LogP contribution < -0.4 is 0 Å². The van der Waals surface area contributed by atoms with Crippen LogP contribution in [-0.4, -0.2) is 26.2 Å². The monoisotopic (exact) mass is 218 g/mol. The molecule has 0 bridgehead atoms. The molecule has 0 aromatic heterocycles. The van der Waals surface area contributed by atoms with Gasteiger partial charge in [-0.2, -0.15) is 0 Å². The van der Waals surface area contributed by atoms with E-state index in [0.29, 0.717) is 24.5 Å². The Hall–Kier alpha value is -0.380. The van der Waals surface area contributed by atoms with Gasteiger partial charge in [-0.3, -0.25) is 4.79 Å². The molecule has 0 spiro atoms. The summed E-state index contributed by atoms with van der Waals surface area (Å²) >= 11 is 0. The van der Waals surface area contributed by atoms with E-state index in [9.17, 15) is 13.2 Å². The molecule has 1 fully saturated rings. The summed E-state index contributed by atoms with van der Waals surface area (Å²) in [5, 5.41) is 0. The van der Waals surface area contributed by atoms with Crippen molar-refractivity contribution in [3.8, 4) is 0 Å². The fraction of sp³-hybridized carbons (Fsp3) is 0.900. The van der Waals surface area contributed by atoms with Crippen molar-refractivity contribution in [2.24, 2.45) is 11.8 Å². The molecule has 0 aromatic rings. The average molecular weight is 218 g/mol. The molecule has 0 aromatic carbocycles. The van der Waals surface area contributed by atoms with E-state index < -0.39 is 9.84 Å². The molecule has 0 aliphatic heterocycles. The van der Waals surface area contributed by atoms with Crippen LogP contribution in [0.2, 0.25) is 0 Å². The normalized spacial score (nSPS) is 28.3. The Labute approximate surface area is 85.8 Å². The predicted octanol–water partition coefficient (Wildman–Crippen LogP) is 1.43. The Kier molecular flexibility index (Phi) is 3.70. The molecule has 82 valence electrons. The van der Waals surface area contributed by atoms with Gasteiger partial charge in [0.25, 0.3) is 0 Å². The van der Waals surface area contributed by atoms with E-state index in [1.807, 2.05) is 6.92 Å². The van der Waals surface area contributed by atoms with Gasteiger partial charge in [-0.25, -0.2) is 8.42 Å². The van der Waals surface area contributed by atoms with Crippen molar-refractivity contribution in [3.05, 3.63) is 0 Å². The Morgan fingerprint density at radius 2 is 2.07 bits per heavy atom. The summed E-state index contributed by atoms with van der Waals surface area (Å²) in [4.78, 5) is 11.2. The minimum Gasteiger partial charge on any atom is -0.299 e. The smallest absolute Gasteiger partial charge is 0.147 e. The topological polar surface area (TPSA) is 51.2 Å². The van der Waals surface area contributed by atoms with Crippen LogP contribution >= 0.6 is 0 Å². The van der Waals surface area contributed by atoms with Crippen molar-refractivity contribution in [1.82, 2.24) is 0 Å². The summed E-state index contributed by atoms with van der Waals surface area (Å²) in [6, 6.07) is 0. The number of hydrogen-bond donors (Lipinski definition) is 0. The number of Topliss-reactive ketones (excluding diaryl/α,β-unsaturated/α-hetero) is 1. The second-order valence-corrected chi connectivity index (χ2v) is 6.59. The van der Waals surface area contributed by atoms with E-state index in [2.05, 4.69) is 0 Å². The number of ketones is 1. The first-order valence-corrected chi connectivity index (χ1v) is 7.16. The van der Waals surface area contributed by atoms with Crippen LogP contribution in [0.4, 0.5) is 0 Å². The summed E-state index contributed by atoms with van der Waals surface area (Å²) in [5.41, 5.74) is 0. The SMILES string of the molecule is CC1C(=O)CCC1CCCS(C)(=O)=O. The molecule has 1 saturated carbocycles. The number of carbonyl (C=O) groups excluding carboxylic acids is 1. The Morgan fingerprint density at radius 1 is 1.43 bits per heavy atom. The van der Waals surface area contributed by atoms with E-state index in [0.717, 1.165) is 12.8 Å². The Balaban J connectivity index is 2.30. The molecule has 2 atom stereocenters. The van der Waals surface area contributed by atoms with E-state index in [1.54, 1.807) is 0 Å². The van der Waals surface area contributed by atoms with Gasteiger partial charge in [-0.05, 0) is 25.2 Å². The van der Waals surface area contributed by atoms with E-state index in [1.165, 1.54) is 6.26 Å².